The highest BCUT2D eigenvalue weighted by Crippen LogP contribution is 2.36. The van der Waals surface area contributed by atoms with Gasteiger partial charge in [-0.2, -0.15) is 0 Å². The van der Waals surface area contributed by atoms with Crippen LogP contribution in [0.5, 0.6) is 5.75 Å². The van der Waals surface area contributed by atoms with Crippen LogP contribution in [0.4, 0.5) is 0 Å². The van der Waals surface area contributed by atoms with E-state index in [0.717, 1.165) is 52.1 Å². The van der Waals surface area contributed by atoms with Gasteiger partial charge in [-0.1, -0.05) is 42.1 Å². The van der Waals surface area contributed by atoms with Gasteiger partial charge in [0.2, 0.25) is 5.78 Å². The Morgan fingerprint density at radius 3 is 2.61 bits per heavy atom. The van der Waals surface area contributed by atoms with E-state index in [-0.39, 0.29) is 11.7 Å². The van der Waals surface area contributed by atoms with Gasteiger partial charge in [-0.05, 0) is 62.7 Å². The summed E-state index contributed by atoms with van der Waals surface area (Å²) in [6.45, 7) is 5.85. The van der Waals surface area contributed by atoms with Crippen LogP contribution in [0, 0.1) is 0 Å². The maximum atomic E-state index is 13.9. The van der Waals surface area contributed by atoms with Crippen LogP contribution in [0.25, 0.3) is 21.7 Å². The number of fused-ring (bicyclic) bond motifs is 5. The van der Waals surface area contributed by atoms with Gasteiger partial charge in [0.1, 0.15) is 10.6 Å². The minimum atomic E-state index is -0.0181. The van der Waals surface area contributed by atoms with Gasteiger partial charge < -0.3 is 9.64 Å². The van der Waals surface area contributed by atoms with Crippen LogP contribution in [0.3, 0.4) is 0 Å². The Morgan fingerprint density at radius 1 is 1.08 bits per heavy atom. The molecular weight excluding hydrogens is 490 g/mol. The Morgan fingerprint density at radius 2 is 1.86 bits per heavy atom. The van der Waals surface area contributed by atoms with Crippen LogP contribution < -0.4 is 10.3 Å². The first-order valence-corrected chi connectivity index (χ1v) is 13.9. The van der Waals surface area contributed by atoms with E-state index in [1.807, 2.05) is 56.3 Å². The number of nitrogens with zero attached hydrogens (tertiary/aromatic N) is 5. The molecule has 0 atom stereocenters. The van der Waals surface area contributed by atoms with E-state index in [2.05, 4.69) is 38.7 Å². The third-order valence-electron chi connectivity index (χ3n) is 6.34. The lowest BCUT2D eigenvalue weighted by molar-refractivity contribution is 0.242. The topological polar surface area (TPSA) is 64.7 Å². The van der Waals surface area contributed by atoms with Gasteiger partial charge in [0.25, 0.3) is 5.56 Å². The second-order valence-corrected chi connectivity index (χ2v) is 11.4. The van der Waals surface area contributed by atoms with Gasteiger partial charge in [-0.3, -0.25) is 4.79 Å². The van der Waals surface area contributed by atoms with Gasteiger partial charge in [-0.15, -0.1) is 21.5 Å². The van der Waals surface area contributed by atoms with Crippen molar-refractivity contribution in [2.24, 2.45) is 0 Å². The number of ether oxygens (including phenoxy) is 1. The minimum absolute atomic E-state index is 0.0181. The molecule has 0 saturated heterocycles. The van der Waals surface area contributed by atoms with Crippen molar-refractivity contribution < 1.29 is 4.74 Å². The molecule has 1 aliphatic heterocycles. The predicted octanol–water partition coefficient (Wildman–Crippen LogP) is 5.16. The monoisotopic (exact) mass is 517 g/mol. The average Bonchev–Trinajstić information content (AvgIpc) is 3.45. The summed E-state index contributed by atoms with van der Waals surface area (Å²) in [6, 6.07) is 17.9. The highest BCUT2D eigenvalue weighted by molar-refractivity contribution is 7.98. The normalized spacial score (nSPS) is 14.1. The Balaban J connectivity index is 1.47. The molecule has 9 heteroatoms. The molecule has 5 aromatic rings. The highest BCUT2D eigenvalue weighted by Gasteiger charge is 2.26. The molecule has 0 spiro atoms. The SMILES string of the molecule is CC(C)Oc1ccc(CSc2nnc3n(-c4ccccc4)c(=O)c4c5c(sc4n23)CN(C)CC5)cc1. The van der Waals surface area contributed by atoms with Crippen molar-refractivity contribution >= 4 is 39.1 Å². The fourth-order valence-corrected chi connectivity index (χ4v) is 7.03. The molecule has 0 fully saturated rings. The fraction of sp³-hybridized carbons (Fsp3) is 0.296. The summed E-state index contributed by atoms with van der Waals surface area (Å²) in [5, 5.41) is 10.7. The Bertz CT molecular complexity index is 1600. The van der Waals surface area contributed by atoms with Gasteiger partial charge >= 0.3 is 0 Å². The van der Waals surface area contributed by atoms with Gasteiger partial charge in [-0.25, -0.2) is 8.97 Å². The maximum absolute atomic E-state index is 13.9. The molecule has 0 amide bonds. The molecule has 6 rings (SSSR count). The van der Waals surface area contributed by atoms with Crippen LogP contribution in [0.1, 0.15) is 29.9 Å². The van der Waals surface area contributed by atoms with Crippen molar-refractivity contribution in [1.82, 2.24) is 24.1 Å². The molecule has 0 radical (unpaired) electrons. The van der Waals surface area contributed by atoms with E-state index in [1.165, 1.54) is 16.0 Å². The summed E-state index contributed by atoms with van der Waals surface area (Å²) in [6.07, 6.45) is 1.02. The number of para-hydroxylation sites is 1. The first-order chi connectivity index (χ1) is 17.5. The summed E-state index contributed by atoms with van der Waals surface area (Å²) >= 11 is 3.33. The molecular formula is C27H27N5O2S2. The number of rotatable bonds is 6. The van der Waals surface area contributed by atoms with Crippen LogP contribution in [-0.4, -0.2) is 43.8 Å². The molecule has 0 aliphatic carbocycles. The van der Waals surface area contributed by atoms with Crippen molar-refractivity contribution in [3.05, 3.63) is 81.0 Å². The summed E-state index contributed by atoms with van der Waals surface area (Å²) in [5.74, 6) is 2.16. The van der Waals surface area contributed by atoms with Crippen molar-refractivity contribution in [3.63, 3.8) is 0 Å². The Kier molecular flexibility index (Phi) is 6.07. The summed E-state index contributed by atoms with van der Waals surface area (Å²) in [4.78, 5) is 18.4. The fourth-order valence-electron chi connectivity index (χ4n) is 4.67. The Labute approximate surface area is 217 Å². The largest absolute Gasteiger partial charge is 0.491 e. The molecule has 0 saturated carbocycles. The second kappa shape index (κ2) is 9.38. The van der Waals surface area contributed by atoms with Crippen LogP contribution >= 0.6 is 23.1 Å². The first-order valence-electron chi connectivity index (χ1n) is 12.1. The van der Waals surface area contributed by atoms with Crippen LogP contribution in [-0.2, 0) is 18.7 Å². The zero-order chi connectivity index (χ0) is 24.8. The number of aromatic nitrogens is 4. The molecule has 36 heavy (non-hydrogen) atoms. The number of likely N-dealkylation sites (N-methyl/N-ethyl adjacent to an activating group) is 1. The summed E-state index contributed by atoms with van der Waals surface area (Å²) in [7, 11) is 2.13. The first kappa shape index (κ1) is 23.3. The van der Waals surface area contributed by atoms with Gasteiger partial charge in [0, 0.05) is 23.7 Å². The number of benzene rings is 2. The van der Waals surface area contributed by atoms with E-state index < -0.39 is 0 Å². The lowest BCUT2D eigenvalue weighted by Crippen LogP contribution is -2.27. The van der Waals surface area contributed by atoms with Crippen molar-refractivity contribution in [3.8, 4) is 11.4 Å². The van der Waals surface area contributed by atoms with E-state index in [9.17, 15) is 4.79 Å². The maximum Gasteiger partial charge on any atom is 0.268 e. The number of hydrogen-bond donors (Lipinski definition) is 0. The molecule has 7 nitrogen and oxygen atoms in total. The molecule has 2 aromatic carbocycles. The smallest absolute Gasteiger partial charge is 0.268 e. The third-order valence-corrected chi connectivity index (χ3v) is 8.54. The molecule has 3 aromatic heterocycles. The Hall–Kier alpha value is -3.14. The molecule has 1 aliphatic rings. The summed E-state index contributed by atoms with van der Waals surface area (Å²) in [5.41, 5.74) is 3.13. The quantitative estimate of drug-likeness (QED) is 0.290. The lowest BCUT2D eigenvalue weighted by Gasteiger charge is -2.21. The van der Waals surface area contributed by atoms with E-state index in [4.69, 9.17) is 4.74 Å². The second-order valence-electron chi connectivity index (χ2n) is 9.37. The van der Waals surface area contributed by atoms with E-state index >= 15 is 0 Å². The van der Waals surface area contributed by atoms with Gasteiger partial charge in [0.05, 0.1) is 17.2 Å². The minimum Gasteiger partial charge on any atom is -0.491 e. The van der Waals surface area contributed by atoms with E-state index in [1.54, 1.807) is 27.7 Å². The zero-order valence-corrected chi connectivity index (χ0v) is 22.1. The third kappa shape index (κ3) is 4.11. The predicted molar refractivity (Wildman–Crippen MR) is 146 cm³/mol. The van der Waals surface area contributed by atoms with Crippen molar-refractivity contribution in [1.29, 1.82) is 0 Å². The van der Waals surface area contributed by atoms with Crippen molar-refractivity contribution in [2.45, 2.75) is 43.8 Å². The van der Waals surface area contributed by atoms with Crippen LogP contribution in [0.2, 0.25) is 0 Å². The molecule has 0 unspecified atom stereocenters. The van der Waals surface area contributed by atoms with E-state index in [0.29, 0.717) is 5.78 Å². The molecule has 4 heterocycles. The summed E-state index contributed by atoms with van der Waals surface area (Å²) < 4.78 is 9.56. The van der Waals surface area contributed by atoms with Crippen LogP contribution in [0.15, 0.2) is 64.5 Å². The van der Waals surface area contributed by atoms with Crippen molar-refractivity contribution in [2.75, 3.05) is 13.6 Å². The average molecular weight is 518 g/mol. The highest BCUT2D eigenvalue weighted by atomic mass is 32.2. The molecule has 184 valence electrons. The number of thiophene rings is 1. The number of thioether (sulfide) groups is 1. The molecule has 0 bridgehead atoms. The standard InChI is InChI=1S/C27H27N5O2S2/c1-17(2)34-20-11-9-18(10-12-20)16-35-27-29-28-26-31(19-7-5-4-6-8-19)24(33)23-21-13-14-30(3)15-22(21)36-25(23)32(26)27/h4-12,17H,13-16H2,1-3H3. The molecule has 0 N–H and O–H groups in total. The lowest BCUT2D eigenvalue weighted by atomic mass is 10.1. The zero-order valence-electron chi connectivity index (χ0n) is 20.5. The van der Waals surface area contributed by atoms with Gasteiger partial charge in [0.15, 0.2) is 5.16 Å². The number of hydrogen-bond acceptors (Lipinski definition) is 7.